The number of aliphatic imine (C=N–C) groups is 1. The monoisotopic (exact) mass is 551 g/mol. The van der Waals surface area contributed by atoms with E-state index in [0.717, 1.165) is 62.9 Å². The summed E-state index contributed by atoms with van der Waals surface area (Å²) in [6.07, 6.45) is 6.64. The van der Waals surface area contributed by atoms with Crippen LogP contribution >= 0.6 is 35.3 Å². The SMILES string of the molecule is I.c1ccc(CN2CCC(NC(=NCc3cccs3)NCCc3ccco3)CC2)nc1. The van der Waals surface area contributed by atoms with Crippen LogP contribution in [0.25, 0.3) is 0 Å². The van der Waals surface area contributed by atoms with Gasteiger partial charge in [0.05, 0.1) is 18.5 Å². The fraction of sp³-hybridized carbons (Fsp3) is 0.391. The third-order valence-corrected chi connectivity index (χ3v) is 6.12. The maximum atomic E-state index is 5.44. The van der Waals surface area contributed by atoms with Crippen LogP contribution in [0.2, 0.25) is 0 Å². The minimum atomic E-state index is 0. The molecule has 0 amide bonds. The fourth-order valence-corrected chi connectivity index (χ4v) is 4.25. The van der Waals surface area contributed by atoms with E-state index in [9.17, 15) is 0 Å². The van der Waals surface area contributed by atoms with Crippen molar-refractivity contribution >= 4 is 41.3 Å². The third kappa shape index (κ3) is 7.93. The van der Waals surface area contributed by atoms with E-state index in [4.69, 9.17) is 9.41 Å². The molecule has 6 nitrogen and oxygen atoms in total. The van der Waals surface area contributed by atoms with Crippen LogP contribution in [0.4, 0.5) is 0 Å². The van der Waals surface area contributed by atoms with Gasteiger partial charge >= 0.3 is 0 Å². The molecule has 166 valence electrons. The van der Waals surface area contributed by atoms with E-state index >= 15 is 0 Å². The van der Waals surface area contributed by atoms with Crippen LogP contribution in [-0.4, -0.2) is 41.5 Å². The Morgan fingerprint density at radius 2 is 2.06 bits per heavy atom. The molecule has 2 N–H and O–H groups in total. The van der Waals surface area contributed by atoms with Gasteiger partial charge in [0.1, 0.15) is 5.76 Å². The van der Waals surface area contributed by atoms with Crippen molar-refractivity contribution in [3.8, 4) is 0 Å². The number of halogens is 1. The standard InChI is InChI=1S/C23H29N5OS.HI/c1-2-11-24-20(5-1)18-28-13-9-19(10-14-28)27-23(26-17-22-7-4-16-30-22)25-12-8-21-6-3-15-29-21;/h1-7,11,15-16,19H,8-10,12-14,17-18H2,(H2,25,26,27);1H. The average molecular weight is 551 g/mol. The zero-order chi connectivity index (χ0) is 20.4. The van der Waals surface area contributed by atoms with Gasteiger partial charge in [-0.1, -0.05) is 12.1 Å². The van der Waals surface area contributed by atoms with Crippen LogP contribution in [0, 0.1) is 0 Å². The van der Waals surface area contributed by atoms with Crippen molar-refractivity contribution in [2.75, 3.05) is 19.6 Å². The molecule has 4 heterocycles. The third-order valence-electron chi connectivity index (χ3n) is 5.26. The van der Waals surface area contributed by atoms with Crippen LogP contribution in [0.15, 0.2) is 69.7 Å². The number of aromatic nitrogens is 1. The molecule has 0 spiro atoms. The molecule has 8 heteroatoms. The lowest BCUT2D eigenvalue weighted by Crippen LogP contribution is -2.48. The number of nitrogens with one attached hydrogen (secondary N) is 2. The summed E-state index contributed by atoms with van der Waals surface area (Å²) in [6.45, 7) is 4.56. The molecule has 1 aliphatic heterocycles. The second-order valence-corrected chi connectivity index (χ2v) is 8.55. The molecule has 1 aliphatic rings. The van der Waals surface area contributed by atoms with E-state index in [-0.39, 0.29) is 24.0 Å². The van der Waals surface area contributed by atoms with Gasteiger partial charge in [-0.05, 0) is 48.6 Å². The summed E-state index contributed by atoms with van der Waals surface area (Å²) in [7, 11) is 0. The van der Waals surface area contributed by atoms with Gasteiger partial charge in [0.15, 0.2) is 5.96 Å². The van der Waals surface area contributed by atoms with Crippen molar-refractivity contribution in [2.45, 2.75) is 38.4 Å². The molecule has 1 saturated heterocycles. The van der Waals surface area contributed by atoms with Gasteiger partial charge in [0, 0.05) is 49.7 Å². The number of hydrogen-bond acceptors (Lipinski definition) is 5. The lowest BCUT2D eigenvalue weighted by molar-refractivity contribution is 0.196. The number of nitrogens with zero attached hydrogens (tertiary/aromatic N) is 3. The maximum absolute atomic E-state index is 5.44. The zero-order valence-corrected chi connectivity index (χ0v) is 20.7. The molecular weight excluding hydrogens is 521 g/mol. The number of thiophene rings is 1. The highest BCUT2D eigenvalue weighted by molar-refractivity contribution is 14.0. The number of piperidine rings is 1. The molecule has 1 fully saturated rings. The molecule has 0 radical (unpaired) electrons. The Labute approximate surface area is 205 Å². The molecule has 0 unspecified atom stereocenters. The Morgan fingerprint density at radius 1 is 1.16 bits per heavy atom. The lowest BCUT2D eigenvalue weighted by Gasteiger charge is -2.33. The molecule has 0 bridgehead atoms. The Bertz CT molecular complexity index is 878. The molecule has 3 aromatic rings. The molecule has 0 aliphatic carbocycles. The first kappa shape index (κ1) is 23.7. The predicted molar refractivity (Wildman–Crippen MR) is 137 cm³/mol. The summed E-state index contributed by atoms with van der Waals surface area (Å²) in [4.78, 5) is 13.0. The molecule has 0 saturated carbocycles. The normalized spacial score (nSPS) is 15.4. The number of rotatable bonds is 8. The summed E-state index contributed by atoms with van der Waals surface area (Å²) in [5.74, 6) is 1.88. The first-order valence-corrected chi connectivity index (χ1v) is 11.4. The van der Waals surface area contributed by atoms with Gasteiger partial charge in [0.2, 0.25) is 0 Å². The number of guanidine groups is 1. The first-order valence-electron chi connectivity index (χ1n) is 10.6. The van der Waals surface area contributed by atoms with Crippen molar-refractivity contribution in [1.29, 1.82) is 0 Å². The van der Waals surface area contributed by atoms with E-state index < -0.39 is 0 Å². The summed E-state index contributed by atoms with van der Waals surface area (Å²) < 4.78 is 5.44. The highest BCUT2D eigenvalue weighted by Gasteiger charge is 2.20. The summed E-state index contributed by atoms with van der Waals surface area (Å²) in [5.41, 5.74) is 1.14. The fourth-order valence-electron chi connectivity index (χ4n) is 3.62. The van der Waals surface area contributed by atoms with E-state index in [0.29, 0.717) is 12.6 Å². The molecule has 4 rings (SSSR count). The molecule has 0 atom stereocenters. The Hall–Kier alpha value is -1.91. The van der Waals surface area contributed by atoms with Gasteiger partial charge in [-0.2, -0.15) is 0 Å². The van der Waals surface area contributed by atoms with E-state index in [1.807, 2.05) is 24.4 Å². The van der Waals surface area contributed by atoms with Crippen molar-refractivity contribution in [3.05, 3.63) is 76.6 Å². The maximum Gasteiger partial charge on any atom is 0.191 e. The van der Waals surface area contributed by atoms with Crippen LogP contribution in [0.1, 0.15) is 29.2 Å². The second kappa shape index (κ2) is 12.8. The topological polar surface area (TPSA) is 65.7 Å². The van der Waals surface area contributed by atoms with Gasteiger partial charge < -0.3 is 15.1 Å². The van der Waals surface area contributed by atoms with E-state index in [1.165, 1.54) is 4.88 Å². The second-order valence-electron chi connectivity index (χ2n) is 7.52. The highest BCUT2D eigenvalue weighted by Crippen LogP contribution is 2.13. The number of likely N-dealkylation sites (tertiary alicyclic amines) is 1. The minimum Gasteiger partial charge on any atom is -0.469 e. The van der Waals surface area contributed by atoms with Crippen LogP contribution in [0.3, 0.4) is 0 Å². The minimum absolute atomic E-state index is 0. The Kier molecular flexibility index (Phi) is 9.83. The summed E-state index contributed by atoms with van der Waals surface area (Å²) in [5, 5.41) is 9.23. The summed E-state index contributed by atoms with van der Waals surface area (Å²) >= 11 is 1.74. The number of pyridine rings is 1. The molecule has 3 aromatic heterocycles. The number of hydrogen-bond donors (Lipinski definition) is 2. The molecule has 31 heavy (non-hydrogen) atoms. The van der Waals surface area contributed by atoms with Crippen LogP contribution in [-0.2, 0) is 19.5 Å². The number of furan rings is 1. The largest absolute Gasteiger partial charge is 0.469 e. The van der Waals surface area contributed by atoms with Gasteiger partial charge in [-0.3, -0.25) is 9.88 Å². The highest BCUT2D eigenvalue weighted by atomic mass is 127. The first-order chi connectivity index (χ1) is 14.8. The Morgan fingerprint density at radius 3 is 2.77 bits per heavy atom. The molecule has 0 aromatic carbocycles. The van der Waals surface area contributed by atoms with E-state index in [2.05, 4.69) is 50.2 Å². The predicted octanol–water partition coefficient (Wildman–Crippen LogP) is 4.30. The van der Waals surface area contributed by atoms with Crippen LogP contribution in [0.5, 0.6) is 0 Å². The van der Waals surface area contributed by atoms with Crippen LogP contribution < -0.4 is 10.6 Å². The van der Waals surface area contributed by atoms with Crippen molar-refractivity contribution < 1.29 is 4.42 Å². The Balaban J connectivity index is 0.00000272. The smallest absolute Gasteiger partial charge is 0.191 e. The zero-order valence-electron chi connectivity index (χ0n) is 17.6. The average Bonchev–Trinajstić information content (AvgIpc) is 3.48. The van der Waals surface area contributed by atoms with Crippen molar-refractivity contribution in [2.24, 2.45) is 4.99 Å². The van der Waals surface area contributed by atoms with Crippen molar-refractivity contribution in [3.63, 3.8) is 0 Å². The summed E-state index contributed by atoms with van der Waals surface area (Å²) in [6, 6.07) is 14.7. The van der Waals surface area contributed by atoms with Gasteiger partial charge in [-0.15, -0.1) is 35.3 Å². The lowest BCUT2D eigenvalue weighted by atomic mass is 10.0. The van der Waals surface area contributed by atoms with Crippen molar-refractivity contribution in [1.82, 2.24) is 20.5 Å². The molecular formula is C23H30IN5OS. The van der Waals surface area contributed by atoms with Gasteiger partial charge in [0.25, 0.3) is 0 Å². The van der Waals surface area contributed by atoms with E-state index in [1.54, 1.807) is 17.6 Å². The van der Waals surface area contributed by atoms with Gasteiger partial charge in [-0.25, -0.2) is 4.99 Å². The quantitative estimate of drug-likeness (QED) is 0.249.